The summed E-state index contributed by atoms with van der Waals surface area (Å²) in [5.74, 6) is 0.339. The van der Waals surface area contributed by atoms with Gasteiger partial charge in [-0.05, 0) is 30.5 Å². The van der Waals surface area contributed by atoms with Gasteiger partial charge in [-0.25, -0.2) is 0 Å². The molecule has 0 fully saturated rings. The highest BCUT2D eigenvalue weighted by atomic mass is 16.5. The monoisotopic (exact) mass is 285 g/mol. The minimum absolute atomic E-state index is 0.0925. The molecule has 0 aliphatic rings. The summed E-state index contributed by atoms with van der Waals surface area (Å²) in [7, 11) is 1.72. The van der Waals surface area contributed by atoms with E-state index in [0.29, 0.717) is 12.4 Å². The molecule has 2 N–H and O–H groups in total. The SMILES string of the molecule is CCC(Nc1ccccc1CCOC)c1ccccc1O. The van der Waals surface area contributed by atoms with Gasteiger partial charge in [0.2, 0.25) is 0 Å². The van der Waals surface area contributed by atoms with Crippen molar-refractivity contribution >= 4 is 5.69 Å². The van der Waals surface area contributed by atoms with Crippen molar-refractivity contribution in [1.82, 2.24) is 0 Å². The van der Waals surface area contributed by atoms with E-state index >= 15 is 0 Å². The van der Waals surface area contributed by atoms with Crippen LogP contribution in [0.5, 0.6) is 5.75 Å². The van der Waals surface area contributed by atoms with Gasteiger partial charge in [0.15, 0.2) is 0 Å². The lowest BCUT2D eigenvalue weighted by Crippen LogP contribution is -2.12. The number of nitrogens with one attached hydrogen (secondary N) is 1. The second-order valence-electron chi connectivity index (χ2n) is 5.06. The topological polar surface area (TPSA) is 41.5 Å². The van der Waals surface area contributed by atoms with E-state index < -0.39 is 0 Å². The summed E-state index contributed by atoms with van der Waals surface area (Å²) in [4.78, 5) is 0. The Kier molecular flexibility index (Phi) is 5.64. The lowest BCUT2D eigenvalue weighted by Gasteiger charge is -2.21. The van der Waals surface area contributed by atoms with Gasteiger partial charge in [-0.2, -0.15) is 0 Å². The van der Waals surface area contributed by atoms with Crippen molar-refractivity contribution in [2.75, 3.05) is 19.0 Å². The van der Waals surface area contributed by atoms with Crippen molar-refractivity contribution in [3.63, 3.8) is 0 Å². The number of rotatable bonds is 7. The van der Waals surface area contributed by atoms with Gasteiger partial charge in [-0.3, -0.25) is 0 Å². The molecule has 0 heterocycles. The van der Waals surface area contributed by atoms with Gasteiger partial charge < -0.3 is 15.2 Å². The maximum absolute atomic E-state index is 10.0. The third-order valence-electron chi connectivity index (χ3n) is 3.64. The van der Waals surface area contributed by atoms with Crippen molar-refractivity contribution in [2.45, 2.75) is 25.8 Å². The minimum Gasteiger partial charge on any atom is -0.508 e. The van der Waals surface area contributed by atoms with Gasteiger partial charge in [0, 0.05) is 18.4 Å². The summed E-state index contributed by atoms with van der Waals surface area (Å²) >= 11 is 0. The zero-order valence-corrected chi connectivity index (χ0v) is 12.7. The summed E-state index contributed by atoms with van der Waals surface area (Å²) in [6.07, 6.45) is 1.77. The smallest absolute Gasteiger partial charge is 0.120 e. The Balaban J connectivity index is 2.21. The summed E-state index contributed by atoms with van der Waals surface area (Å²) in [5.41, 5.74) is 3.26. The zero-order valence-electron chi connectivity index (χ0n) is 12.7. The number of ether oxygens (including phenoxy) is 1. The highest BCUT2D eigenvalue weighted by Crippen LogP contribution is 2.30. The first kappa shape index (κ1) is 15.4. The molecule has 0 amide bonds. The molecule has 0 aliphatic heterocycles. The predicted molar refractivity (Wildman–Crippen MR) is 86.8 cm³/mol. The molecule has 112 valence electrons. The van der Waals surface area contributed by atoms with Crippen LogP contribution in [0, 0.1) is 0 Å². The standard InChI is InChI=1S/C18H23NO2/c1-3-16(15-9-5-7-11-18(15)20)19-17-10-6-4-8-14(17)12-13-21-2/h4-11,16,19-20H,3,12-13H2,1-2H3. The molecule has 0 saturated carbocycles. The number of phenolic OH excluding ortho intramolecular Hbond substituents is 1. The molecular weight excluding hydrogens is 262 g/mol. The Morgan fingerprint density at radius 1 is 1.10 bits per heavy atom. The van der Waals surface area contributed by atoms with E-state index in [4.69, 9.17) is 4.74 Å². The number of para-hydroxylation sites is 2. The quantitative estimate of drug-likeness (QED) is 0.803. The molecular formula is C18H23NO2. The van der Waals surface area contributed by atoms with E-state index in [1.165, 1.54) is 5.56 Å². The van der Waals surface area contributed by atoms with Crippen molar-refractivity contribution in [3.8, 4) is 5.75 Å². The summed E-state index contributed by atoms with van der Waals surface area (Å²) in [5, 5.41) is 13.6. The van der Waals surface area contributed by atoms with E-state index in [-0.39, 0.29) is 6.04 Å². The van der Waals surface area contributed by atoms with Gasteiger partial charge in [-0.15, -0.1) is 0 Å². The van der Waals surface area contributed by atoms with Crippen LogP contribution in [-0.4, -0.2) is 18.8 Å². The van der Waals surface area contributed by atoms with Gasteiger partial charge in [0.05, 0.1) is 12.6 Å². The number of aromatic hydroxyl groups is 1. The van der Waals surface area contributed by atoms with E-state index in [2.05, 4.69) is 24.4 Å². The van der Waals surface area contributed by atoms with Crippen LogP contribution in [0.4, 0.5) is 5.69 Å². The van der Waals surface area contributed by atoms with Gasteiger partial charge >= 0.3 is 0 Å². The Morgan fingerprint density at radius 2 is 1.81 bits per heavy atom. The van der Waals surface area contributed by atoms with Gasteiger partial charge in [0.1, 0.15) is 5.75 Å². The molecule has 0 saturated heterocycles. The van der Waals surface area contributed by atoms with Crippen LogP contribution in [0.25, 0.3) is 0 Å². The normalized spacial score (nSPS) is 12.1. The molecule has 2 aromatic carbocycles. The van der Waals surface area contributed by atoms with Crippen molar-refractivity contribution < 1.29 is 9.84 Å². The Hall–Kier alpha value is -2.00. The van der Waals surface area contributed by atoms with E-state index in [0.717, 1.165) is 24.1 Å². The van der Waals surface area contributed by atoms with Crippen LogP contribution in [0.1, 0.15) is 30.5 Å². The molecule has 21 heavy (non-hydrogen) atoms. The first-order valence-corrected chi connectivity index (χ1v) is 7.37. The minimum atomic E-state index is 0.0925. The number of hydrogen-bond acceptors (Lipinski definition) is 3. The van der Waals surface area contributed by atoms with Crippen molar-refractivity contribution in [1.29, 1.82) is 0 Å². The Morgan fingerprint density at radius 3 is 2.52 bits per heavy atom. The van der Waals surface area contributed by atoms with Crippen LogP contribution in [0.2, 0.25) is 0 Å². The lowest BCUT2D eigenvalue weighted by atomic mass is 10.0. The highest BCUT2D eigenvalue weighted by Gasteiger charge is 2.14. The largest absolute Gasteiger partial charge is 0.508 e. The molecule has 0 aromatic heterocycles. The third-order valence-corrected chi connectivity index (χ3v) is 3.64. The number of hydrogen-bond donors (Lipinski definition) is 2. The fraction of sp³-hybridized carbons (Fsp3) is 0.333. The second kappa shape index (κ2) is 7.70. The van der Waals surface area contributed by atoms with Crippen LogP contribution in [0.3, 0.4) is 0 Å². The summed E-state index contributed by atoms with van der Waals surface area (Å²) in [6.45, 7) is 2.81. The molecule has 3 heteroatoms. The number of phenols is 1. The fourth-order valence-corrected chi connectivity index (χ4v) is 2.46. The maximum Gasteiger partial charge on any atom is 0.120 e. The Bertz CT molecular complexity index is 569. The first-order chi connectivity index (χ1) is 10.3. The zero-order chi connectivity index (χ0) is 15.1. The summed E-state index contributed by atoms with van der Waals surface area (Å²) in [6, 6.07) is 15.8. The summed E-state index contributed by atoms with van der Waals surface area (Å²) < 4.78 is 5.17. The van der Waals surface area contributed by atoms with Crippen LogP contribution in [-0.2, 0) is 11.2 Å². The van der Waals surface area contributed by atoms with E-state index in [1.807, 2.05) is 30.3 Å². The maximum atomic E-state index is 10.0. The first-order valence-electron chi connectivity index (χ1n) is 7.37. The lowest BCUT2D eigenvalue weighted by molar-refractivity contribution is 0.202. The van der Waals surface area contributed by atoms with Crippen LogP contribution < -0.4 is 5.32 Å². The molecule has 2 aromatic rings. The van der Waals surface area contributed by atoms with Gasteiger partial charge in [-0.1, -0.05) is 43.3 Å². The number of benzene rings is 2. The average Bonchev–Trinajstić information content (AvgIpc) is 2.52. The molecule has 1 atom stereocenters. The number of anilines is 1. The van der Waals surface area contributed by atoms with E-state index in [9.17, 15) is 5.11 Å². The average molecular weight is 285 g/mol. The molecule has 0 aliphatic carbocycles. The third kappa shape index (κ3) is 3.99. The second-order valence-corrected chi connectivity index (χ2v) is 5.06. The molecule has 0 spiro atoms. The highest BCUT2D eigenvalue weighted by molar-refractivity contribution is 5.53. The molecule has 0 bridgehead atoms. The van der Waals surface area contributed by atoms with Gasteiger partial charge in [0.25, 0.3) is 0 Å². The van der Waals surface area contributed by atoms with E-state index in [1.54, 1.807) is 13.2 Å². The fourth-order valence-electron chi connectivity index (χ4n) is 2.46. The predicted octanol–water partition coefficient (Wildman–Crippen LogP) is 4.14. The van der Waals surface area contributed by atoms with Crippen molar-refractivity contribution in [2.24, 2.45) is 0 Å². The van der Waals surface area contributed by atoms with Crippen LogP contribution >= 0.6 is 0 Å². The molecule has 2 rings (SSSR count). The van der Waals surface area contributed by atoms with Crippen LogP contribution in [0.15, 0.2) is 48.5 Å². The Labute approximate surface area is 126 Å². The van der Waals surface area contributed by atoms with Crippen molar-refractivity contribution in [3.05, 3.63) is 59.7 Å². The molecule has 1 unspecified atom stereocenters. The molecule has 3 nitrogen and oxygen atoms in total. The number of methoxy groups -OCH3 is 1. The molecule has 0 radical (unpaired) electrons.